The van der Waals surface area contributed by atoms with Crippen molar-refractivity contribution in [2.45, 2.75) is 52.6 Å². The van der Waals surface area contributed by atoms with E-state index in [4.69, 9.17) is 16.6 Å². The van der Waals surface area contributed by atoms with Crippen molar-refractivity contribution in [2.75, 3.05) is 6.67 Å². The van der Waals surface area contributed by atoms with Gasteiger partial charge in [-0.15, -0.1) is 10.2 Å². The number of hydrogen-bond acceptors (Lipinski definition) is 6. The molecular weight excluding hydrogens is 410 g/mol. The van der Waals surface area contributed by atoms with Gasteiger partial charge in [-0.25, -0.2) is 0 Å². The third kappa shape index (κ3) is 4.56. The van der Waals surface area contributed by atoms with Gasteiger partial charge in [0.1, 0.15) is 5.16 Å². The molecule has 0 spiro atoms. The quantitative estimate of drug-likeness (QED) is 0.499. The minimum Gasteiger partial charge on any atom is -0.349 e. The van der Waals surface area contributed by atoms with Crippen LogP contribution in [0.2, 0.25) is 0 Å². The SMILES string of the molecule is CCCCC1=C(Cl)N(C(C)C)CN1Cc1ccc(-c2ccccc2-c2nn[nH]n2)cn1. The molecule has 2 aromatic heterocycles. The Morgan fingerprint density at radius 3 is 2.58 bits per heavy atom. The summed E-state index contributed by atoms with van der Waals surface area (Å²) in [7, 11) is 0. The van der Waals surface area contributed by atoms with Crippen LogP contribution in [0.1, 0.15) is 45.7 Å². The van der Waals surface area contributed by atoms with Crippen LogP contribution in [0.3, 0.4) is 0 Å². The number of allylic oxidation sites excluding steroid dienone is 1. The van der Waals surface area contributed by atoms with Gasteiger partial charge in [-0.3, -0.25) is 4.98 Å². The van der Waals surface area contributed by atoms with Gasteiger partial charge in [-0.1, -0.05) is 55.3 Å². The molecule has 0 radical (unpaired) electrons. The average molecular weight is 438 g/mol. The first kappa shape index (κ1) is 21.3. The number of unbranched alkanes of at least 4 members (excludes halogenated alkanes) is 1. The summed E-state index contributed by atoms with van der Waals surface area (Å²) >= 11 is 6.73. The van der Waals surface area contributed by atoms with Crippen LogP contribution >= 0.6 is 11.6 Å². The van der Waals surface area contributed by atoms with Crippen LogP contribution in [0.25, 0.3) is 22.5 Å². The Hall–Kier alpha value is -2.93. The Morgan fingerprint density at radius 2 is 1.94 bits per heavy atom. The number of tetrazole rings is 1. The molecule has 3 aromatic rings. The summed E-state index contributed by atoms with van der Waals surface area (Å²) in [5.41, 5.74) is 5.22. The molecule has 0 atom stereocenters. The molecule has 1 aliphatic rings. The number of benzene rings is 1. The molecule has 4 rings (SSSR count). The van der Waals surface area contributed by atoms with E-state index < -0.39 is 0 Å². The summed E-state index contributed by atoms with van der Waals surface area (Å²) in [6.07, 6.45) is 5.19. The molecule has 0 saturated heterocycles. The number of pyridine rings is 1. The first-order chi connectivity index (χ1) is 15.1. The maximum Gasteiger partial charge on any atom is 0.205 e. The van der Waals surface area contributed by atoms with Crippen LogP contribution in [-0.4, -0.2) is 48.1 Å². The standard InChI is InChI=1S/C23H28ClN7/c1-4-5-10-21-22(24)31(16(2)3)15-30(21)14-18-12-11-17(13-25-18)19-8-6-7-9-20(19)23-26-28-29-27-23/h6-9,11-13,16H,4-5,10,14-15H2,1-3H3,(H,26,27,28,29). The van der Waals surface area contributed by atoms with Crippen LogP contribution in [0.5, 0.6) is 0 Å². The van der Waals surface area contributed by atoms with E-state index in [0.717, 1.165) is 60.0 Å². The molecule has 7 nitrogen and oxygen atoms in total. The van der Waals surface area contributed by atoms with Crippen molar-refractivity contribution < 1.29 is 0 Å². The lowest BCUT2D eigenvalue weighted by atomic mass is 10.0. The van der Waals surface area contributed by atoms with Gasteiger partial charge < -0.3 is 9.80 Å². The van der Waals surface area contributed by atoms with E-state index in [-0.39, 0.29) is 0 Å². The van der Waals surface area contributed by atoms with Gasteiger partial charge in [-0.05, 0) is 43.5 Å². The summed E-state index contributed by atoms with van der Waals surface area (Å²) < 4.78 is 0. The van der Waals surface area contributed by atoms with Crippen molar-refractivity contribution in [1.82, 2.24) is 35.4 Å². The molecule has 0 bridgehead atoms. The van der Waals surface area contributed by atoms with E-state index in [0.29, 0.717) is 11.9 Å². The Labute approximate surface area is 188 Å². The smallest absolute Gasteiger partial charge is 0.205 e. The molecule has 8 heteroatoms. The highest BCUT2D eigenvalue weighted by Gasteiger charge is 2.29. The second-order valence-corrected chi connectivity index (χ2v) is 8.42. The van der Waals surface area contributed by atoms with Crippen LogP contribution in [0.15, 0.2) is 53.4 Å². The largest absolute Gasteiger partial charge is 0.349 e. The number of aromatic nitrogens is 5. The molecule has 0 fully saturated rings. The highest BCUT2D eigenvalue weighted by molar-refractivity contribution is 6.29. The molecule has 3 heterocycles. The molecule has 1 aromatic carbocycles. The fourth-order valence-corrected chi connectivity index (χ4v) is 4.31. The maximum absolute atomic E-state index is 6.73. The van der Waals surface area contributed by atoms with E-state index in [9.17, 15) is 0 Å². The van der Waals surface area contributed by atoms with E-state index in [1.165, 1.54) is 5.70 Å². The number of nitrogens with one attached hydrogen (secondary N) is 1. The predicted molar refractivity (Wildman–Crippen MR) is 123 cm³/mol. The van der Waals surface area contributed by atoms with Gasteiger partial charge in [0.25, 0.3) is 0 Å². The zero-order valence-corrected chi connectivity index (χ0v) is 19.0. The van der Waals surface area contributed by atoms with Crippen molar-refractivity contribution in [3.8, 4) is 22.5 Å². The maximum atomic E-state index is 6.73. The highest BCUT2D eigenvalue weighted by Crippen LogP contribution is 2.33. The molecule has 0 unspecified atom stereocenters. The third-order valence-corrected chi connectivity index (χ3v) is 6.02. The third-order valence-electron chi connectivity index (χ3n) is 5.59. The molecule has 0 saturated carbocycles. The predicted octanol–water partition coefficient (Wildman–Crippen LogP) is 5.01. The lowest BCUT2D eigenvalue weighted by molar-refractivity contribution is 0.211. The van der Waals surface area contributed by atoms with Gasteiger partial charge in [0.05, 0.1) is 24.6 Å². The van der Waals surface area contributed by atoms with E-state index >= 15 is 0 Å². The number of H-pyrrole nitrogens is 1. The van der Waals surface area contributed by atoms with Crippen LogP contribution in [0.4, 0.5) is 0 Å². The molecule has 0 aliphatic carbocycles. The van der Waals surface area contributed by atoms with Gasteiger partial charge in [-0.2, -0.15) is 5.21 Å². The van der Waals surface area contributed by atoms with Crippen LogP contribution in [-0.2, 0) is 6.54 Å². The highest BCUT2D eigenvalue weighted by atomic mass is 35.5. The summed E-state index contributed by atoms with van der Waals surface area (Å²) in [5.74, 6) is 0.575. The van der Waals surface area contributed by atoms with Crippen molar-refractivity contribution in [3.05, 3.63) is 59.1 Å². The number of nitrogens with zero attached hydrogens (tertiary/aromatic N) is 6. The number of aromatic amines is 1. The van der Waals surface area contributed by atoms with Crippen LogP contribution in [0, 0.1) is 0 Å². The zero-order chi connectivity index (χ0) is 21.8. The second-order valence-electron chi connectivity index (χ2n) is 8.06. The van der Waals surface area contributed by atoms with Crippen molar-refractivity contribution in [1.29, 1.82) is 0 Å². The first-order valence-electron chi connectivity index (χ1n) is 10.8. The molecule has 31 heavy (non-hydrogen) atoms. The molecule has 1 N–H and O–H groups in total. The van der Waals surface area contributed by atoms with Gasteiger partial charge in [0.2, 0.25) is 5.82 Å². The van der Waals surface area contributed by atoms with E-state index in [1.807, 2.05) is 24.4 Å². The normalized spacial score (nSPS) is 14.2. The number of halogens is 1. The lowest BCUT2D eigenvalue weighted by Crippen LogP contribution is -2.32. The Balaban J connectivity index is 1.55. The summed E-state index contributed by atoms with van der Waals surface area (Å²) in [6.45, 7) is 8.11. The molecule has 1 aliphatic heterocycles. The Morgan fingerprint density at radius 1 is 1.13 bits per heavy atom. The lowest BCUT2D eigenvalue weighted by Gasteiger charge is -2.26. The average Bonchev–Trinajstić information content (AvgIpc) is 3.42. The zero-order valence-electron chi connectivity index (χ0n) is 18.2. The number of hydrogen-bond donors (Lipinski definition) is 1. The minimum absolute atomic E-state index is 0.367. The fraction of sp³-hybridized carbons (Fsp3) is 0.391. The van der Waals surface area contributed by atoms with E-state index in [1.54, 1.807) is 0 Å². The molecular formula is C23H28ClN7. The summed E-state index contributed by atoms with van der Waals surface area (Å²) in [6, 6.07) is 12.6. The topological polar surface area (TPSA) is 73.8 Å². The Kier molecular flexibility index (Phi) is 6.51. The molecule has 162 valence electrons. The summed E-state index contributed by atoms with van der Waals surface area (Å²) in [5, 5.41) is 15.3. The Bertz CT molecular complexity index is 1030. The number of rotatable bonds is 8. The van der Waals surface area contributed by atoms with Crippen molar-refractivity contribution in [3.63, 3.8) is 0 Å². The van der Waals surface area contributed by atoms with Gasteiger partial charge in [0, 0.05) is 23.4 Å². The van der Waals surface area contributed by atoms with Gasteiger partial charge >= 0.3 is 0 Å². The second kappa shape index (κ2) is 9.47. The first-order valence-corrected chi connectivity index (χ1v) is 11.1. The van der Waals surface area contributed by atoms with Crippen LogP contribution < -0.4 is 0 Å². The molecule has 0 amide bonds. The van der Waals surface area contributed by atoms with Crippen molar-refractivity contribution in [2.24, 2.45) is 0 Å². The van der Waals surface area contributed by atoms with Crippen molar-refractivity contribution >= 4 is 11.6 Å². The fourth-order valence-electron chi connectivity index (χ4n) is 3.85. The van der Waals surface area contributed by atoms with E-state index in [2.05, 4.69) is 69.4 Å². The van der Waals surface area contributed by atoms with Gasteiger partial charge in [0.15, 0.2) is 0 Å². The summed E-state index contributed by atoms with van der Waals surface area (Å²) in [4.78, 5) is 9.37. The monoisotopic (exact) mass is 437 g/mol. The minimum atomic E-state index is 0.367.